The highest BCUT2D eigenvalue weighted by atomic mass is 16.5. The second-order valence-electron chi connectivity index (χ2n) is 6.61. The van der Waals surface area contributed by atoms with Gasteiger partial charge < -0.3 is 25.4 Å². The number of guanidine groups is 1. The molecular formula is C20H30N4O4. The Balaban J connectivity index is 2.04. The topological polar surface area (TPSA) is 106 Å². The van der Waals surface area contributed by atoms with Gasteiger partial charge in [-0.15, -0.1) is 0 Å². The molecule has 8 heteroatoms. The van der Waals surface area contributed by atoms with Crippen LogP contribution in [-0.4, -0.2) is 55.6 Å². The molecule has 0 spiro atoms. The number of aliphatic imine (C=N–C) groups is 1. The smallest absolute Gasteiger partial charge is 0.310 e. The SMILES string of the molecule is CCNC(=NCc1cccc(OCC(N)=O)c1)N1CCCC(C(=O)OCC)C1. The normalized spacial score (nSPS) is 17.1. The number of benzene rings is 1. The van der Waals surface area contributed by atoms with Crippen LogP contribution < -0.4 is 15.8 Å². The Morgan fingerprint density at radius 2 is 2.18 bits per heavy atom. The van der Waals surface area contributed by atoms with E-state index < -0.39 is 5.91 Å². The van der Waals surface area contributed by atoms with Crippen molar-refractivity contribution < 1.29 is 19.1 Å². The third-order valence-corrected chi connectivity index (χ3v) is 4.37. The molecule has 3 N–H and O–H groups in total. The van der Waals surface area contributed by atoms with Crippen molar-refractivity contribution in [3.63, 3.8) is 0 Å². The highest BCUT2D eigenvalue weighted by Gasteiger charge is 2.28. The summed E-state index contributed by atoms with van der Waals surface area (Å²) in [6.45, 7) is 6.73. The molecule has 1 atom stereocenters. The zero-order valence-corrected chi connectivity index (χ0v) is 16.6. The molecule has 1 aliphatic rings. The number of nitrogens with one attached hydrogen (secondary N) is 1. The molecular weight excluding hydrogens is 360 g/mol. The van der Waals surface area contributed by atoms with Crippen molar-refractivity contribution >= 4 is 17.8 Å². The maximum Gasteiger partial charge on any atom is 0.310 e. The van der Waals surface area contributed by atoms with Gasteiger partial charge in [0.15, 0.2) is 12.6 Å². The van der Waals surface area contributed by atoms with Gasteiger partial charge in [0.05, 0.1) is 19.1 Å². The second kappa shape index (κ2) is 11.2. The van der Waals surface area contributed by atoms with Crippen LogP contribution in [0.3, 0.4) is 0 Å². The minimum atomic E-state index is -0.515. The number of nitrogens with two attached hydrogens (primary N) is 1. The van der Waals surface area contributed by atoms with E-state index in [0.717, 1.165) is 37.5 Å². The number of piperidine rings is 1. The number of amides is 1. The average molecular weight is 390 g/mol. The molecule has 1 unspecified atom stereocenters. The fraction of sp³-hybridized carbons (Fsp3) is 0.550. The lowest BCUT2D eigenvalue weighted by atomic mass is 9.98. The van der Waals surface area contributed by atoms with Gasteiger partial charge in [-0.05, 0) is 44.4 Å². The lowest BCUT2D eigenvalue weighted by Crippen LogP contribution is -2.48. The zero-order valence-electron chi connectivity index (χ0n) is 16.6. The second-order valence-corrected chi connectivity index (χ2v) is 6.61. The van der Waals surface area contributed by atoms with Crippen molar-refractivity contribution in [3.05, 3.63) is 29.8 Å². The fourth-order valence-electron chi connectivity index (χ4n) is 3.10. The molecule has 0 radical (unpaired) electrons. The van der Waals surface area contributed by atoms with Gasteiger partial charge in [-0.2, -0.15) is 0 Å². The number of likely N-dealkylation sites (tertiary alicyclic amines) is 1. The number of ether oxygens (including phenoxy) is 2. The molecule has 1 saturated heterocycles. The van der Waals surface area contributed by atoms with E-state index in [2.05, 4.69) is 10.2 Å². The van der Waals surface area contributed by atoms with Crippen LogP contribution in [0, 0.1) is 5.92 Å². The highest BCUT2D eigenvalue weighted by molar-refractivity contribution is 5.81. The van der Waals surface area contributed by atoms with Gasteiger partial charge in [-0.3, -0.25) is 9.59 Å². The molecule has 154 valence electrons. The highest BCUT2D eigenvalue weighted by Crippen LogP contribution is 2.19. The number of nitrogens with zero attached hydrogens (tertiary/aromatic N) is 2. The van der Waals surface area contributed by atoms with Crippen LogP contribution in [0.1, 0.15) is 32.3 Å². The van der Waals surface area contributed by atoms with E-state index in [0.29, 0.717) is 25.4 Å². The predicted molar refractivity (Wildman–Crippen MR) is 107 cm³/mol. The summed E-state index contributed by atoms with van der Waals surface area (Å²) >= 11 is 0. The van der Waals surface area contributed by atoms with Crippen LogP contribution in [0.4, 0.5) is 0 Å². The molecule has 1 heterocycles. The van der Waals surface area contributed by atoms with E-state index in [-0.39, 0.29) is 18.5 Å². The Bertz CT molecular complexity index is 693. The Kier molecular flexibility index (Phi) is 8.58. The van der Waals surface area contributed by atoms with Crippen molar-refractivity contribution in [2.24, 2.45) is 16.6 Å². The van der Waals surface area contributed by atoms with Gasteiger partial charge in [-0.1, -0.05) is 12.1 Å². The quantitative estimate of drug-likeness (QED) is 0.394. The summed E-state index contributed by atoms with van der Waals surface area (Å²) in [4.78, 5) is 29.8. The molecule has 1 aromatic carbocycles. The van der Waals surface area contributed by atoms with Gasteiger partial charge >= 0.3 is 5.97 Å². The Morgan fingerprint density at radius 1 is 1.36 bits per heavy atom. The maximum atomic E-state index is 12.1. The maximum absolute atomic E-state index is 12.1. The summed E-state index contributed by atoms with van der Waals surface area (Å²) in [7, 11) is 0. The summed E-state index contributed by atoms with van der Waals surface area (Å²) in [6, 6.07) is 7.41. The molecule has 2 rings (SSSR count). The third kappa shape index (κ3) is 6.75. The Hall–Kier alpha value is -2.77. The predicted octanol–water partition coefficient (Wildman–Crippen LogP) is 1.29. The van der Waals surface area contributed by atoms with Crippen LogP contribution in [0.15, 0.2) is 29.3 Å². The lowest BCUT2D eigenvalue weighted by Gasteiger charge is -2.34. The van der Waals surface area contributed by atoms with Crippen LogP contribution >= 0.6 is 0 Å². The van der Waals surface area contributed by atoms with Crippen LogP contribution in [0.25, 0.3) is 0 Å². The first-order valence-electron chi connectivity index (χ1n) is 9.73. The number of hydrogen-bond donors (Lipinski definition) is 2. The van der Waals surface area contributed by atoms with Crippen molar-refractivity contribution in [3.8, 4) is 5.75 Å². The van der Waals surface area contributed by atoms with Crippen molar-refractivity contribution in [1.82, 2.24) is 10.2 Å². The van der Waals surface area contributed by atoms with E-state index in [4.69, 9.17) is 20.2 Å². The number of primary amides is 1. The third-order valence-electron chi connectivity index (χ3n) is 4.37. The Morgan fingerprint density at radius 3 is 2.89 bits per heavy atom. The lowest BCUT2D eigenvalue weighted by molar-refractivity contribution is -0.149. The first-order valence-corrected chi connectivity index (χ1v) is 9.73. The van der Waals surface area contributed by atoms with Gasteiger partial charge in [0, 0.05) is 19.6 Å². The number of hydrogen-bond acceptors (Lipinski definition) is 5. The van der Waals surface area contributed by atoms with Gasteiger partial charge in [0.25, 0.3) is 5.91 Å². The molecule has 1 fully saturated rings. The molecule has 0 aliphatic carbocycles. The molecule has 0 bridgehead atoms. The molecule has 0 saturated carbocycles. The monoisotopic (exact) mass is 390 g/mol. The van der Waals surface area contributed by atoms with Crippen LogP contribution in [0.5, 0.6) is 5.75 Å². The van der Waals surface area contributed by atoms with Crippen LogP contribution in [0.2, 0.25) is 0 Å². The first-order chi connectivity index (χ1) is 13.5. The summed E-state index contributed by atoms with van der Waals surface area (Å²) in [5, 5.41) is 3.30. The zero-order chi connectivity index (χ0) is 20.4. The first kappa shape index (κ1) is 21.5. The average Bonchev–Trinajstić information content (AvgIpc) is 2.70. The minimum Gasteiger partial charge on any atom is -0.484 e. The van der Waals surface area contributed by atoms with E-state index in [1.54, 1.807) is 6.07 Å². The summed E-state index contributed by atoms with van der Waals surface area (Å²) in [5.74, 6) is 0.585. The molecule has 28 heavy (non-hydrogen) atoms. The molecule has 0 aromatic heterocycles. The number of esters is 1. The van der Waals surface area contributed by atoms with E-state index in [1.165, 1.54) is 0 Å². The Labute approximate surface area is 166 Å². The summed E-state index contributed by atoms with van der Waals surface area (Å²) < 4.78 is 10.5. The number of carbonyl (C=O) groups is 2. The van der Waals surface area contributed by atoms with Gasteiger partial charge in [-0.25, -0.2) is 4.99 Å². The van der Waals surface area contributed by atoms with Crippen molar-refractivity contribution in [2.45, 2.75) is 33.2 Å². The molecule has 1 amide bonds. The fourth-order valence-corrected chi connectivity index (χ4v) is 3.10. The van der Waals surface area contributed by atoms with E-state index in [1.807, 2.05) is 32.0 Å². The molecule has 1 aliphatic heterocycles. The number of carbonyl (C=O) groups excluding carboxylic acids is 2. The van der Waals surface area contributed by atoms with Gasteiger partial charge in [0.2, 0.25) is 0 Å². The standard InChI is InChI=1S/C20H30N4O4/c1-3-22-20(24-10-6-8-16(13-24)19(26)27-4-2)23-12-15-7-5-9-17(11-15)28-14-18(21)25/h5,7,9,11,16H,3-4,6,8,10,12-14H2,1-2H3,(H2,21,25)(H,22,23). The largest absolute Gasteiger partial charge is 0.484 e. The van der Waals surface area contributed by atoms with Crippen LogP contribution in [-0.2, 0) is 20.9 Å². The molecule has 8 nitrogen and oxygen atoms in total. The van der Waals surface area contributed by atoms with E-state index >= 15 is 0 Å². The molecule has 1 aromatic rings. The summed E-state index contributed by atoms with van der Waals surface area (Å²) in [5.41, 5.74) is 6.07. The summed E-state index contributed by atoms with van der Waals surface area (Å²) in [6.07, 6.45) is 1.76. The van der Waals surface area contributed by atoms with Crippen molar-refractivity contribution in [2.75, 3.05) is 32.8 Å². The van der Waals surface area contributed by atoms with Crippen molar-refractivity contribution in [1.29, 1.82) is 0 Å². The van der Waals surface area contributed by atoms with Gasteiger partial charge in [0.1, 0.15) is 5.75 Å². The van der Waals surface area contributed by atoms with E-state index in [9.17, 15) is 9.59 Å². The number of rotatable bonds is 8. The minimum absolute atomic E-state index is 0.122.